The van der Waals surface area contributed by atoms with Crippen LogP contribution in [0.1, 0.15) is 56.2 Å². The molecule has 108 valence electrons. The fourth-order valence-corrected chi connectivity index (χ4v) is 3.91. The second-order valence-corrected chi connectivity index (χ2v) is 6.56. The number of rotatable bonds is 3. The highest BCUT2D eigenvalue weighted by atomic mass is 16.5. The van der Waals surface area contributed by atoms with Crippen molar-refractivity contribution < 1.29 is 9.53 Å². The molecule has 3 rings (SSSR count). The van der Waals surface area contributed by atoms with Gasteiger partial charge in [-0.15, -0.1) is 0 Å². The first-order chi connectivity index (χ1) is 9.54. The Morgan fingerprint density at radius 2 is 2.05 bits per heavy atom. The third kappa shape index (κ3) is 2.19. The Bertz CT molecular complexity index is 508. The molecule has 1 amide bonds. The van der Waals surface area contributed by atoms with Crippen LogP contribution in [0, 0.1) is 11.3 Å². The van der Waals surface area contributed by atoms with Crippen LogP contribution in [0.3, 0.4) is 0 Å². The van der Waals surface area contributed by atoms with Crippen molar-refractivity contribution in [2.24, 2.45) is 11.3 Å². The molecule has 0 aliphatic heterocycles. The van der Waals surface area contributed by atoms with E-state index in [9.17, 15) is 4.79 Å². The number of ether oxygens (including phenoxy) is 1. The molecular formula is C17H23NO2. The summed E-state index contributed by atoms with van der Waals surface area (Å²) in [5.41, 5.74) is 3.15. The molecule has 3 nitrogen and oxygen atoms in total. The van der Waals surface area contributed by atoms with Gasteiger partial charge in [0.25, 0.3) is 0 Å². The Balaban J connectivity index is 1.70. The minimum atomic E-state index is -0.384. The van der Waals surface area contributed by atoms with Crippen molar-refractivity contribution in [1.82, 2.24) is 5.32 Å². The number of methoxy groups -OCH3 is 1. The molecule has 2 saturated carbocycles. The SMILES string of the molecule is COC(=O)N[C@@H](C)c1ccc(C2CCC3C[C@]32C)cc1. The third-order valence-electron chi connectivity index (χ3n) is 5.42. The average Bonchev–Trinajstić information content (AvgIpc) is 3.00. The monoisotopic (exact) mass is 273 g/mol. The number of carbonyl (C=O) groups excluding carboxylic acids is 1. The van der Waals surface area contributed by atoms with E-state index in [4.69, 9.17) is 0 Å². The summed E-state index contributed by atoms with van der Waals surface area (Å²) < 4.78 is 4.63. The van der Waals surface area contributed by atoms with Crippen LogP contribution in [0.4, 0.5) is 4.79 Å². The Hall–Kier alpha value is -1.51. The topological polar surface area (TPSA) is 38.3 Å². The molecule has 2 aliphatic carbocycles. The van der Waals surface area contributed by atoms with E-state index in [0.717, 1.165) is 17.4 Å². The molecule has 3 heteroatoms. The van der Waals surface area contributed by atoms with Gasteiger partial charge in [0.1, 0.15) is 0 Å². The van der Waals surface area contributed by atoms with E-state index >= 15 is 0 Å². The molecule has 4 atom stereocenters. The Labute approximate surface area is 120 Å². The summed E-state index contributed by atoms with van der Waals surface area (Å²) >= 11 is 0. The van der Waals surface area contributed by atoms with Crippen LogP contribution in [0.2, 0.25) is 0 Å². The lowest BCUT2D eigenvalue weighted by atomic mass is 9.85. The number of alkyl carbamates (subject to hydrolysis) is 1. The van der Waals surface area contributed by atoms with Gasteiger partial charge in [0.05, 0.1) is 13.2 Å². The highest BCUT2D eigenvalue weighted by molar-refractivity contribution is 5.67. The second-order valence-electron chi connectivity index (χ2n) is 6.56. The summed E-state index contributed by atoms with van der Waals surface area (Å²) in [7, 11) is 1.39. The predicted molar refractivity (Wildman–Crippen MR) is 78.6 cm³/mol. The number of amides is 1. The van der Waals surface area contributed by atoms with Crippen molar-refractivity contribution in [3.63, 3.8) is 0 Å². The molecule has 0 spiro atoms. The highest BCUT2D eigenvalue weighted by Crippen LogP contribution is 2.69. The van der Waals surface area contributed by atoms with E-state index in [-0.39, 0.29) is 12.1 Å². The lowest BCUT2D eigenvalue weighted by Crippen LogP contribution is -2.26. The van der Waals surface area contributed by atoms with Gasteiger partial charge in [-0.3, -0.25) is 0 Å². The van der Waals surface area contributed by atoms with E-state index in [1.165, 1.54) is 31.9 Å². The molecular weight excluding hydrogens is 250 g/mol. The minimum Gasteiger partial charge on any atom is -0.453 e. The molecule has 0 radical (unpaired) electrons. The largest absolute Gasteiger partial charge is 0.453 e. The average molecular weight is 273 g/mol. The lowest BCUT2D eigenvalue weighted by molar-refractivity contribution is 0.167. The van der Waals surface area contributed by atoms with Crippen LogP contribution in [0.25, 0.3) is 0 Å². The van der Waals surface area contributed by atoms with Gasteiger partial charge in [-0.1, -0.05) is 31.2 Å². The van der Waals surface area contributed by atoms with Gasteiger partial charge in [0.2, 0.25) is 0 Å². The molecule has 2 aliphatic rings. The van der Waals surface area contributed by atoms with E-state index in [2.05, 4.69) is 41.2 Å². The number of benzene rings is 1. The van der Waals surface area contributed by atoms with Crippen molar-refractivity contribution in [2.45, 2.75) is 45.1 Å². The van der Waals surface area contributed by atoms with Crippen molar-refractivity contribution in [2.75, 3.05) is 7.11 Å². The van der Waals surface area contributed by atoms with E-state index < -0.39 is 0 Å². The standard InChI is InChI=1S/C17H23NO2/c1-11(18-16(19)20-3)12-4-6-13(7-5-12)15-9-8-14-10-17(14,15)2/h4-7,11,14-15H,8-10H2,1-3H3,(H,18,19)/t11-,14?,15?,17+/m0/s1. The normalized spacial score (nSPS) is 32.4. The molecule has 1 aromatic rings. The molecule has 0 heterocycles. The second kappa shape index (κ2) is 4.80. The Kier molecular flexibility index (Phi) is 3.23. The van der Waals surface area contributed by atoms with Crippen LogP contribution in [-0.4, -0.2) is 13.2 Å². The third-order valence-corrected chi connectivity index (χ3v) is 5.42. The maximum atomic E-state index is 11.2. The molecule has 1 N–H and O–H groups in total. The van der Waals surface area contributed by atoms with Gasteiger partial charge in [0, 0.05) is 0 Å². The predicted octanol–water partition coefficient (Wildman–Crippen LogP) is 4.01. The minimum absolute atomic E-state index is 0.0238. The first kappa shape index (κ1) is 13.5. The Morgan fingerprint density at radius 3 is 2.55 bits per heavy atom. The lowest BCUT2D eigenvalue weighted by Gasteiger charge is -2.21. The van der Waals surface area contributed by atoms with Crippen LogP contribution < -0.4 is 5.32 Å². The first-order valence-corrected chi connectivity index (χ1v) is 7.49. The smallest absolute Gasteiger partial charge is 0.407 e. The molecule has 20 heavy (non-hydrogen) atoms. The number of fused-ring (bicyclic) bond motifs is 1. The quantitative estimate of drug-likeness (QED) is 0.903. The highest BCUT2D eigenvalue weighted by Gasteiger charge is 2.59. The molecule has 1 aromatic carbocycles. The van der Waals surface area contributed by atoms with Crippen LogP contribution >= 0.6 is 0 Å². The van der Waals surface area contributed by atoms with Crippen LogP contribution in [-0.2, 0) is 4.74 Å². The van der Waals surface area contributed by atoms with Crippen LogP contribution in [0.5, 0.6) is 0 Å². The summed E-state index contributed by atoms with van der Waals surface area (Å²) in [6, 6.07) is 8.72. The molecule has 0 aromatic heterocycles. The summed E-state index contributed by atoms with van der Waals surface area (Å²) in [5, 5.41) is 2.80. The number of hydrogen-bond donors (Lipinski definition) is 1. The maximum Gasteiger partial charge on any atom is 0.407 e. The van der Waals surface area contributed by atoms with Gasteiger partial charge < -0.3 is 10.1 Å². The summed E-state index contributed by atoms with van der Waals surface area (Å²) in [5.74, 6) is 1.69. The Morgan fingerprint density at radius 1 is 1.35 bits per heavy atom. The van der Waals surface area contributed by atoms with Gasteiger partial charge in [-0.25, -0.2) is 4.79 Å². The van der Waals surface area contributed by atoms with E-state index in [0.29, 0.717) is 5.41 Å². The molecule has 2 unspecified atom stereocenters. The van der Waals surface area contributed by atoms with Crippen molar-refractivity contribution in [3.05, 3.63) is 35.4 Å². The van der Waals surface area contributed by atoms with Gasteiger partial charge >= 0.3 is 6.09 Å². The van der Waals surface area contributed by atoms with Crippen molar-refractivity contribution >= 4 is 6.09 Å². The maximum absolute atomic E-state index is 11.2. The van der Waals surface area contributed by atoms with E-state index in [1.54, 1.807) is 0 Å². The number of nitrogens with one attached hydrogen (secondary N) is 1. The zero-order valence-corrected chi connectivity index (χ0v) is 12.5. The zero-order valence-electron chi connectivity index (χ0n) is 12.5. The summed E-state index contributed by atoms with van der Waals surface area (Å²) in [6.07, 6.45) is 3.74. The fourth-order valence-electron chi connectivity index (χ4n) is 3.91. The van der Waals surface area contributed by atoms with Crippen molar-refractivity contribution in [1.29, 1.82) is 0 Å². The molecule has 0 saturated heterocycles. The van der Waals surface area contributed by atoms with Crippen LogP contribution in [0.15, 0.2) is 24.3 Å². The fraction of sp³-hybridized carbons (Fsp3) is 0.588. The molecule has 0 bridgehead atoms. The zero-order chi connectivity index (χ0) is 14.3. The summed E-state index contributed by atoms with van der Waals surface area (Å²) in [6.45, 7) is 4.41. The van der Waals surface area contributed by atoms with E-state index in [1.807, 2.05) is 6.92 Å². The van der Waals surface area contributed by atoms with Gasteiger partial charge in [0.15, 0.2) is 0 Å². The first-order valence-electron chi connectivity index (χ1n) is 7.49. The molecule has 2 fully saturated rings. The van der Waals surface area contributed by atoms with Crippen molar-refractivity contribution in [3.8, 4) is 0 Å². The number of carbonyl (C=O) groups is 1. The number of hydrogen-bond acceptors (Lipinski definition) is 2. The summed E-state index contributed by atoms with van der Waals surface area (Å²) in [4.78, 5) is 11.2. The van der Waals surface area contributed by atoms with Gasteiger partial charge in [-0.05, 0) is 54.6 Å². The van der Waals surface area contributed by atoms with Gasteiger partial charge in [-0.2, -0.15) is 0 Å².